The summed E-state index contributed by atoms with van der Waals surface area (Å²) < 4.78 is 26.0. The Morgan fingerprint density at radius 2 is 2.15 bits per heavy atom. The van der Waals surface area contributed by atoms with Crippen LogP contribution in [0.15, 0.2) is 0 Å². The Morgan fingerprint density at radius 1 is 1.54 bits per heavy atom. The Balaban J connectivity index is 3.42. The highest BCUT2D eigenvalue weighted by atomic mass is 32.2. The molecule has 1 unspecified atom stereocenters. The van der Waals surface area contributed by atoms with E-state index in [-0.39, 0.29) is 11.8 Å². The summed E-state index contributed by atoms with van der Waals surface area (Å²) in [5.74, 6) is -0.0235. The molecule has 0 aliphatic heterocycles. The molecule has 13 heavy (non-hydrogen) atoms. The Morgan fingerprint density at radius 3 is 2.62 bits per heavy atom. The fourth-order valence-electron chi connectivity index (χ4n) is 0.844. The van der Waals surface area contributed by atoms with Crippen LogP contribution in [0.1, 0.15) is 13.3 Å². The van der Waals surface area contributed by atoms with Crippen LogP contribution >= 0.6 is 0 Å². The van der Waals surface area contributed by atoms with E-state index < -0.39 is 10.0 Å². The first-order valence-corrected chi connectivity index (χ1v) is 5.90. The van der Waals surface area contributed by atoms with Crippen LogP contribution in [0, 0.1) is 0 Å². The summed E-state index contributed by atoms with van der Waals surface area (Å²) in [4.78, 5) is 0. The average Bonchev–Trinajstić information content (AvgIpc) is 1.98. The summed E-state index contributed by atoms with van der Waals surface area (Å²) in [5.41, 5.74) is 0. The molecular formula is C7H18N2O3S. The number of hydrogen-bond acceptors (Lipinski definition) is 4. The maximum Gasteiger partial charge on any atom is 0.210 e. The van der Waals surface area contributed by atoms with Gasteiger partial charge in [-0.2, -0.15) is 0 Å². The smallest absolute Gasteiger partial charge is 0.210 e. The summed E-state index contributed by atoms with van der Waals surface area (Å²) in [6, 6.07) is 0.252. The first kappa shape index (κ1) is 12.8. The average molecular weight is 210 g/mol. The molecule has 0 amide bonds. The van der Waals surface area contributed by atoms with Crippen LogP contribution in [0.4, 0.5) is 0 Å². The summed E-state index contributed by atoms with van der Waals surface area (Å²) >= 11 is 0. The molecule has 0 saturated heterocycles. The Labute approximate surface area is 79.7 Å². The van der Waals surface area contributed by atoms with Crippen molar-refractivity contribution < 1.29 is 13.2 Å². The molecule has 0 aliphatic carbocycles. The van der Waals surface area contributed by atoms with Crippen LogP contribution in [0.25, 0.3) is 0 Å². The minimum Gasteiger partial charge on any atom is -0.385 e. The molecule has 1 atom stereocenters. The SMILES string of the molecule is COCCC(C)NCCS(N)(=O)=O. The van der Waals surface area contributed by atoms with Crippen molar-refractivity contribution in [3.8, 4) is 0 Å². The van der Waals surface area contributed by atoms with Gasteiger partial charge in [-0.15, -0.1) is 0 Å². The standard InChI is InChI=1S/C7H18N2O3S/c1-7(3-5-12-2)9-4-6-13(8,10)11/h7,9H,3-6H2,1-2H3,(H2,8,10,11). The molecule has 0 heterocycles. The lowest BCUT2D eigenvalue weighted by Crippen LogP contribution is -2.33. The predicted molar refractivity (Wildman–Crippen MR) is 51.9 cm³/mol. The van der Waals surface area contributed by atoms with Gasteiger partial charge in [0, 0.05) is 26.3 Å². The first-order chi connectivity index (χ1) is 5.95. The summed E-state index contributed by atoms with van der Waals surface area (Å²) in [6.45, 7) is 3.04. The highest BCUT2D eigenvalue weighted by molar-refractivity contribution is 7.89. The number of ether oxygens (including phenoxy) is 1. The Hall–Kier alpha value is -0.170. The number of hydrogen-bond donors (Lipinski definition) is 2. The molecule has 80 valence electrons. The second-order valence-corrected chi connectivity index (χ2v) is 4.74. The molecule has 0 spiro atoms. The van der Waals surface area contributed by atoms with Crippen LogP contribution in [0.5, 0.6) is 0 Å². The normalized spacial score (nSPS) is 14.4. The molecule has 0 rings (SSSR count). The van der Waals surface area contributed by atoms with Crippen molar-refractivity contribution in [2.45, 2.75) is 19.4 Å². The topological polar surface area (TPSA) is 81.4 Å². The van der Waals surface area contributed by atoms with Crippen LogP contribution in [-0.4, -0.2) is 40.5 Å². The van der Waals surface area contributed by atoms with Crippen LogP contribution in [0.2, 0.25) is 0 Å². The third kappa shape index (κ3) is 9.75. The van der Waals surface area contributed by atoms with E-state index >= 15 is 0 Å². The molecule has 0 radical (unpaired) electrons. The molecule has 5 nitrogen and oxygen atoms in total. The Bertz CT molecular complexity index is 216. The van der Waals surface area contributed by atoms with Gasteiger partial charge < -0.3 is 10.1 Å². The number of rotatable bonds is 7. The van der Waals surface area contributed by atoms with E-state index in [0.29, 0.717) is 13.2 Å². The van der Waals surface area contributed by atoms with Gasteiger partial charge in [0.15, 0.2) is 0 Å². The van der Waals surface area contributed by atoms with Gasteiger partial charge in [0.25, 0.3) is 0 Å². The van der Waals surface area contributed by atoms with Gasteiger partial charge in [-0.3, -0.25) is 0 Å². The van der Waals surface area contributed by atoms with E-state index in [4.69, 9.17) is 9.88 Å². The van der Waals surface area contributed by atoms with Gasteiger partial charge in [0.2, 0.25) is 10.0 Å². The molecule has 0 aromatic heterocycles. The third-order valence-corrected chi connectivity index (χ3v) is 2.41. The summed E-state index contributed by atoms with van der Waals surface area (Å²) in [7, 11) is -1.70. The molecule has 0 bridgehead atoms. The second-order valence-electron chi connectivity index (χ2n) is 3.00. The molecular weight excluding hydrogens is 192 g/mol. The number of nitrogens with two attached hydrogens (primary N) is 1. The third-order valence-electron chi connectivity index (χ3n) is 1.63. The van der Waals surface area contributed by atoms with Crippen molar-refractivity contribution >= 4 is 10.0 Å². The van der Waals surface area contributed by atoms with E-state index in [2.05, 4.69) is 5.32 Å². The van der Waals surface area contributed by atoms with Gasteiger partial charge in [-0.25, -0.2) is 13.6 Å². The van der Waals surface area contributed by atoms with Gasteiger partial charge in [0.05, 0.1) is 5.75 Å². The predicted octanol–water partition coefficient (Wildman–Crippen LogP) is -0.710. The van der Waals surface area contributed by atoms with Crippen molar-refractivity contribution in [3.05, 3.63) is 0 Å². The van der Waals surface area contributed by atoms with Crippen LogP contribution in [0.3, 0.4) is 0 Å². The lowest BCUT2D eigenvalue weighted by atomic mass is 10.2. The zero-order chi connectivity index (χ0) is 10.3. The highest BCUT2D eigenvalue weighted by Crippen LogP contribution is 1.89. The molecule has 0 aliphatic rings. The van der Waals surface area contributed by atoms with E-state index in [1.54, 1.807) is 7.11 Å². The molecule has 0 aromatic rings. The van der Waals surface area contributed by atoms with Gasteiger partial charge in [0.1, 0.15) is 0 Å². The fourth-order valence-corrected chi connectivity index (χ4v) is 1.25. The molecule has 3 N–H and O–H groups in total. The number of nitrogens with one attached hydrogen (secondary N) is 1. The van der Waals surface area contributed by atoms with Crippen molar-refractivity contribution in [1.82, 2.24) is 5.32 Å². The van der Waals surface area contributed by atoms with Crippen LogP contribution < -0.4 is 10.5 Å². The maximum absolute atomic E-state index is 10.5. The second kappa shape index (κ2) is 6.31. The van der Waals surface area contributed by atoms with E-state index in [0.717, 1.165) is 6.42 Å². The zero-order valence-corrected chi connectivity index (χ0v) is 8.93. The van der Waals surface area contributed by atoms with E-state index in [1.807, 2.05) is 6.92 Å². The summed E-state index contributed by atoms with van der Waals surface area (Å²) in [5, 5.41) is 7.86. The van der Waals surface area contributed by atoms with Crippen LogP contribution in [-0.2, 0) is 14.8 Å². The monoisotopic (exact) mass is 210 g/mol. The van der Waals surface area contributed by atoms with Crippen molar-refractivity contribution in [2.75, 3.05) is 26.0 Å². The first-order valence-electron chi connectivity index (χ1n) is 4.18. The van der Waals surface area contributed by atoms with Crippen molar-refractivity contribution in [1.29, 1.82) is 0 Å². The minimum absolute atomic E-state index is 0.0235. The fraction of sp³-hybridized carbons (Fsp3) is 1.00. The minimum atomic E-state index is -3.33. The van der Waals surface area contributed by atoms with Crippen molar-refractivity contribution in [3.63, 3.8) is 0 Å². The molecule has 6 heteroatoms. The largest absolute Gasteiger partial charge is 0.385 e. The lowest BCUT2D eigenvalue weighted by molar-refractivity contribution is 0.185. The Kier molecular flexibility index (Phi) is 6.23. The number of methoxy groups -OCH3 is 1. The summed E-state index contributed by atoms with van der Waals surface area (Å²) in [6.07, 6.45) is 0.862. The quantitative estimate of drug-likeness (QED) is 0.581. The van der Waals surface area contributed by atoms with E-state index in [1.165, 1.54) is 0 Å². The van der Waals surface area contributed by atoms with E-state index in [9.17, 15) is 8.42 Å². The molecule has 0 saturated carbocycles. The molecule has 0 fully saturated rings. The van der Waals surface area contributed by atoms with Gasteiger partial charge in [-0.05, 0) is 13.3 Å². The number of primary sulfonamides is 1. The highest BCUT2D eigenvalue weighted by Gasteiger charge is 2.04. The molecule has 0 aromatic carbocycles. The maximum atomic E-state index is 10.5. The number of sulfonamides is 1. The zero-order valence-electron chi connectivity index (χ0n) is 8.12. The lowest BCUT2D eigenvalue weighted by Gasteiger charge is -2.12. The van der Waals surface area contributed by atoms with Gasteiger partial charge in [-0.1, -0.05) is 0 Å². The van der Waals surface area contributed by atoms with Gasteiger partial charge >= 0.3 is 0 Å². The van der Waals surface area contributed by atoms with Crippen molar-refractivity contribution in [2.24, 2.45) is 5.14 Å².